The molecule has 1 aromatic carbocycles. The number of nitrogens with zero attached hydrogens (tertiary/aromatic N) is 3. The molecule has 0 amide bonds. The molecule has 1 aliphatic rings. The van der Waals surface area contributed by atoms with Gasteiger partial charge in [0.05, 0.1) is 7.11 Å². The molecule has 1 aromatic heterocycles. The van der Waals surface area contributed by atoms with Gasteiger partial charge in [0.1, 0.15) is 5.75 Å². The number of aromatic nitrogens is 1. The van der Waals surface area contributed by atoms with E-state index in [4.69, 9.17) is 9.72 Å². The van der Waals surface area contributed by atoms with E-state index in [0.717, 1.165) is 41.4 Å². The Morgan fingerprint density at radius 3 is 2.50 bits per heavy atom. The third-order valence-corrected chi connectivity index (χ3v) is 7.67. The van der Waals surface area contributed by atoms with Gasteiger partial charge in [-0.15, -0.1) is 0 Å². The van der Waals surface area contributed by atoms with Crippen LogP contribution < -0.4 is 10.1 Å². The number of methoxy groups -OCH3 is 1. The number of anilines is 2. The minimum absolute atomic E-state index is 0.0837. The van der Waals surface area contributed by atoms with E-state index < -0.39 is 10.2 Å². The van der Waals surface area contributed by atoms with E-state index in [1.54, 1.807) is 11.4 Å². The van der Waals surface area contributed by atoms with Gasteiger partial charge in [-0.25, -0.2) is 0 Å². The normalized spacial score (nSPS) is 17.8. The molecule has 1 saturated heterocycles. The molecule has 0 unspecified atom stereocenters. The first-order valence-corrected chi connectivity index (χ1v) is 11.9. The lowest BCUT2D eigenvalue weighted by Gasteiger charge is -2.35. The third-order valence-electron chi connectivity index (χ3n) is 5.51. The fraction of sp³-hybridized carbons (Fsp3) is 0.500. The Kier molecular flexibility index (Phi) is 7.33. The van der Waals surface area contributed by atoms with Crippen molar-refractivity contribution in [1.29, 1.82) is 0 Å². The molecule has 3 rings (SSSR count). The summed E-state index contributed by atoms with van der Waals surface area (Å²) >= 11 is 0. The van der Waals surface area contributed by atoms with Crippen molar-refractivity contribution in [2.75, 3.05) is 38.6 Å². The summed E-state index contributed by atoms with van der Waals surface area (Å²) in [4.78, 5) is 4.73. The van der Waals surface area contributed by atoms with Crippen LogP contribution in [-0.4, -0.2) is 55.3 Å². The van der Waals surface area contributed by atoms with E-state index in [1.165, 1.54) is 4.31 Å². The maximum atomic E-state index is 13.0. The molecule has 2 heterocycles. The second kappa shape index (κ2) is 9.76. The molecule has 0 radical (unpaired) electrons. The van der Waals surface area contributed by atoms with Gasteiger partial charge in [0.15, 0.2) is 0 Å². The van der Waals surface area contributed by atoms with Gasteiger partial charge >= 0.3 is 0 Å². The summed E-state index contributed by atoms with van der Waals surface area (Å²) in [5, 5.41) is 3.42. The molecule has 1 fully saturated rings. The second-order valence-corrected chi connectivity index (χ2v) is 9.49. The summed E-state index contributed by atoms with van der Waals surface area (Å²) < 4.78 is 34.3. The Hall–Kier alpha value is -2.16. The lowest BCUT2D eigenvalue weighted by atomic mass is 9.95. The first kappa shape index (κ1) is 22.5. The lowest BCUT2D eigenvalue weighted by molar-refractivity contribution is 0.285. The number of benzene rings is 1. The highest BCUT2D eigenvalue weighted by Gasteiger charge is 2.33. The van der Waals surface area contributed by atoms with Gasteiger partial charge < -0.3 is 10.1 Å². The van der Waals surface area contributed by atoms with Crippen molar-refractivity contribution in [1.82, 2.24) is 13.6 Å². The Balaban J connectivity index is 1.79. The molecular weight excluding hydrogens is 400 g/mol. The van der Waals surface area contributed by atoms with E-state index in [0.29, 0.717) is 26.2 Å². The maximum Gasteiger partial charge on any atom is 0.281 e. The predicted molar refractivity (Wildman–Crippen MR) is 121 cm³/mol. The van der Waals surface area contributed by atoms with Gasteiger partial charge in [-0.1, -0.05) is 13.8 Å². The van der Waals surface area contributed by atoms with Gasteiger partial charge in [-0.05, 0) is 56.2 Å². The average molecular weight is 433 g/mol. The summed E-state index contributed by atoms with van der Waals surface area (Å²) in [6.45, 7) is 7.73. The van der Waals surface area contributed by atoms with Gasteiger partial charge in [0.2, 0.25) is 0 Å². The van der Waals surface area contributed by atoms with Crippen LogP contribution in [-0.2, 0) is 10.2 Å². The Labute approximate surface area is 180 Å². The highest BCUT2D eigenvalue weighted by molar-refractivity contribution is 7.86. The van der Waals surface area contributed by atoms with Crippen molar-refractivity contribution in [2.45, 2.75) is 39.5 Å². The van der Waals surface area contributed by atoms with Crippen LogP contribution in [0.1, 0.15) is 44.0 Å². The number of nitrogens with one attached hydrogen (secondary N) is 1. The smallest absolute Gasteiger partial charge is 0.281 e. The molecule has 1 N–H and O–H groups in total. The van der Waals surface area contributed by atoms with Crippen molar-refractivity contribution < 1.29 is 13.2 Å². The molecule has 30 heavy (non-hydrogen) atoms. The number of pyridine rings is 1. The summed E-state index contributed by atoms with van der Waals surface area (Å²) in [7, 11) is -1.78. The van der Waals surface area contributed by atoms with Crippen molar-refractivity contribution in [3.05, 3.63) is 47.8 Å². The maximum absolute atomic E-state index is 13.0. The molecular formula is C22H32N4O3S. The minimum Gasteiger partial charge on any atom is -0.497 e. The number of hydrogen-bond acceptors (Lipinski definition) is 5. The zero-order chi connectivity index (χ0) is 21.7. The Bertz CT molecular complexity index is 943. The summed E-state index contributed by atoms with van der Waals surface area (Å²) in [6.07, 6.45) is 1.77. The monoisotopic (exact) mass is 432 g/mol. The standard InChI is InChI=1S/C22H32N4O3S/c1-5-25(6-2)30(27,28)26-13-7-8-18(16-26)22-15-20(14-17(3)23-22)24-19-9-11-21(29-4)12-10-19/h9-12,14-15,18H,5-8,13,16H2,1-4H3,(H,23,24)/t18-/m1/s1. The lowest BCUT2D eigenvalue weighted by Crippen LogP contribution is -2.47. The predicted octanol–water partition coefficient (Wildman–Crippen LogP) is 3.91. The fourth-order valence-corrected chi connectivity index (χ4v) is 5.63. The van der Waals surface area contributed by atoms with Crippen LogP contribution >= 0.6 is 0 Å². The molecule has 2 aromatic rings. The van der Waals surface area contributed by atoms with E-state index in [1.807, 2.05) is 57.2 Å². The van der Waals surface area contributed by atoms with Crippen molar-refractivity contribution >= 4 is 21.6 Å². The van der Waals surface area contributed by atoms with Crippen molar-refractivity contribution in [3.8, 4) is 5.75 Å². The summed E-state index contributed by atoms with van der Waals surface area (Å²) in [5.41, 5.74) is 3.76. The van der Waals surface area contributed by atoms with Crippen LogP contribution in [0.2, 0.25) is 0 Å². The average Bonchev–Trinajstić information content (AvgIpc) is 2.74. The van der Waals surface area contributed by atoms with Crippen molar-refractivity contribution in [3.63, 3.8) is 0 Å². The SMILES string of the molecule is CCN(CC)S(=O)(=O)N1CCC[C@@H](c2cc(Nc3ccc(OC)cc3)cc(C)n2)C1. The highest BCUT2D eigenvalue weighted by Crippen LogP contribution is 2.30. The zero-order valence-electron chi connectivity index (χ0n) is 18.3. The Morgan fingerprint density at radius 2 is 1.87 bits per heavy atom. The van der Waals surface area contributed by atoms with Gasteiger partial charge in [0.25, 0.3) is 10.2 Å². The molecule has 0 spiro atoms. The first-order chi connectivity index (χ1) is 14.4. The number of rotatable bonds is 8. The van der Waals surface area contributed by atoms with E-state index in [-0.39, 0.29) is 5.92 Å². The largest absolute Gasteiger partial charge is 0.497 e. The van der Waals surface area contributed by atoms with Crippen LogP contribution in [0.25, 0.3) is 0 Å². The number of ether oxygens (including phenoxy) is 1. The molecule has 0 bridgehead atoms. The van der Waals surface area contributed by atoms with Gasteiger partial charge in [-0.2, -0.15) is 17.0 Å². The fourth-order valence-electron chi connectivity index (χ4n) is 3.92. The van der Waals surface area contributed by atoms with E-state index >= 15 is 0 Å². The van der Waals surface area contributed by atoms with Crippen LogP contribution in [0.15, 0.2) is 36.4 Å². The minimum atomic E-state index is -3.43. The van der Waals surface area contributed by atoms with E-state index in [9.17, 15) is 8.42 Å². The van der Waals surface area contributed by atoms with Crippen molar-refractivity contribution in [2.24, 2.45) is 0 Å². The zero-order valence-corrected chi connectivity index (χ0v) is 19.1. The Morgan fingerprint density at radius 1 is 1.17 bits per heavy atom. The van der Waals surface area contributed by atoms with E-state index in [2.05, 4.69) is 5.32 Å². The van der Waals surface area contributed by atoms with Gasteiger partial charge in [-0.3, -0.25) is 4.98 Å². The molecule has 0 aliphatic carbocycles. The number of piperidine rings is 1. The second-order valence-electron chi connectivity index (χ2n) is 7.56. The topological polar surface area (TPSA) is 74.8 Å². The summed E-state index contributed by atoms with van der Waals surface area (Å²) in [5.74, 6) is 0.893. The quantitative estimate of drug-likeness (QED) is 0.685. The molecule has 7 nitrogen and oxygen atoms in total. The molecule has 164 valence electrons. The molecule has 1 atom stereocenters. The highest BCUT2D eigenvalue weighted by atomic mass is 32.2. The third kappa shape index (κ3) is 5.11. The summed E-state index contributed by atoms with van der Waals surface area (Å²) in [6, 6.07) is 11.8. The number of aryl methyl sites for hydroxylation is 1. The molecule has 8 heteroatoms. The number of hydrogen-bond donors (Lipinski definition) is 1. The van der Waals surface area contributed by atoms with Gasteiger partial charge in [0, 0.05) is 54.9 Å². The van der Waals surface area contributed by atoms with Crippen LogP contribution in [0.4, 0.5) is 11.4 Å². The van der Waals surface area contributed by atoms with Crippen LogP contribution in [0.3, 0.4) is 0 Å². The first-order valence-electron chi connectivity index (χ1n) is 10.5. The van der Waals surface area contributed by atoms with Crippen LogP contribution in [0, 0.1) is 6.92 Å². The van der Waals surface area contributed by atoms with Crippen LogP contribution in [0.5, 0.6) is 5.75 Å². The molecule has 1 aliphatic heterocycles. The molecule has 0 saturated carbocycles.